The topological polar surface area (TPSA) is 82.2 Å². The molecule has 1 aliphatic heterocycles. The predicted molar refractivity (Wildman–Crippen MR) is 105 cm³/mol. The lowest BCUT2D eigenvalue weighted by molar-refractivity contribution is 0.252. The molecule has 3 N–H and O–H groups in total. The quantitative estimate of drug-likeness (QED) is 0.695. The first-order chi connectivity index (χ1) is 12.6. The molecule has 0 atom stereocenters. The van der Waals surface area contributed by atoms with Gasteiger partial charge < -0.3 is 20.9 Å². The fourth-order valence-electron chi connectivity index (χ4n) is 3.18. The van der Waals surface area contributed by atoms with Gasteiger partial charge in [-0.05, 0) is 49.9 Å². The van der Waals surface area contributed by atoms with Gasteiger partial charge in [-0.25, -0.2) is 4.79 Å². The second-order valence-electron chi connectivity index (χ2n) is 6.68. The van der Waals surface area contributed by atoms with Crippen LogP contribution in [-0.2, 0) is 0 Å². The lowest BCUT2D eigenvalue weighted by Gasteiger charge is -2.17. The van der Waals surface area contributed by atoms with E-state index in [-0.39, 0.29) is 6.03 Å². The SMILES string of the molecule is Cc1cc(C)cc(NC(=O)NCCNc2cc(N3CCCC3)cnn2)c1. The molecule has 0 aliphatic carbocycles. The van der Waals surface area contributed by atoms with Crippen molar-refractivity contribution in [1.82, 2.24) is 15.5 Å². The van der Waals surface area contributed by atoms with Gasteiger partial charge in [0.25, 0.3) is 0 Å². The van der Waals surface area contributed by atoms with Gasteiger partial charge in [0.1, 0.15) is 0 Å². The minimum atomic E-state index is -0.214. The Morgan fingerprint density at radius 1 is 1.08 bits per heavy atom. The molecule has 138 valence electrons. The summed E-state index contributed by atoms with van der Waals surface area (Å²) in [5.74, 6) is 0.728. The minimum Gasteiger partial charge on any atom is -0.370 e. The smallest absolute Gasteiger partial charge is 0.319 e. The van der Waals surface area contributed by atoms with Crippen LogP contribution < -0.4 is 20.9 Å². The molecule has 0 radical (unpaired) electrons. The van der Waals surface area contributed by atoms with E-state index in [1.807, 2.05) is 32.0 Å². The van der Waals surface area contributed by atoms with Crippen molar-refractivity contribution in [3.63, 3.8) is 0 Å². The third-order valence-electron chi connectivity index (χ3n) is 4.31. The summed E-state index contributed by atoms with van der Waals surface area (Å²) in [6, 6.07) is 7.76. The van der Waals surface area contributed by atoms with E-state index in [0.29, 0.717) is 13.1 Å². The Bertz CT molecular complexity index is 737. The molecule has 1 fully saturated rings. The molecule has 2 heterocycles. The van der Waals surface area contributed by atoms with E-state index in [2.05, 4.69) is 37.1 Å². The standard InChI is InChI=1S/C19H26N6O/c1-14-9-15(2)11-16(10-14)23-19(26)21-6-5-20-18-12-17(13-22-24-18)25-7-3-4-8-25/h9-13H,3-8H2,1-2H3,(H,20,24)(H2,21,23,26). The number of aryl methyl sites for hydroxylation is 2. The van der Waals surface area contributed by atoms with Crippen LogP contribution in [0, 0.1) is 13.8 Å². The van der Waals surface area contributed by atoms with Gasteiger partial charge in [-0.1, -0.05) is 6.07 Å². The number of nitrogens with zero attached hydrogens (tertiary/aromatic N) is 3. The van der Waals surface area contributed by atoms with Gasteiger partial charge in [0.2, 0.25) is 0 Å². The van der Waals surface area contributed by atoms with Crippen LogP contribution >= 0.6 is 0 Å². The van der Waals surface area contributed by atoms with Crippen molar-refractivity contribution >= 4 is 23.2 Å². The summed E-state index contributed by atoms with van der Waals surface area (Å²) in [4.78, 5) is 14.3. The number of carbonyl (C=O) groups is 1. The van der Waals surface area contributed by atoms with Crippen LogP contribution in [0.1, 0.15) is 24.0 Å². The number of carbonyl (C=O) groups excluding carboxylic acids is 1. The molecule has 0 spiro atoms. The summed E-state index contributed by atoms with van der Waals surface area (Å²) >= 11 is 0. The third-order valence-corrected chi connectivity index (χ3v) is 4.31. The summed E-state index contributed by atoms with van der Waals surface area (Å²) in [7, 11) is 0. The summed E-state index contributed by atoms with van der Waals surface area (Å²) in [6.07, 6.45) is 4.25. The zero-order valence-electron chi connectivity index (χ0n) is 15.4. The van der Waals surface area contributed by atoms with E-state index in [9.17, 15) is 4.79 Å². The van der Waals surface area contributed by atoms with Gasteiger partial charge >= 0.3 is 6.03 Å². The number of benzene rings is 1. The normalized spacial score (nSPS) is 13.5. The Hall–Kier alpha value is -2.83. The summed E-state index contributed by atoms with van der Waals surface area (Å²) < 4.78 is 0. The molecule has 1 aromatic heterocycles. The molecule has 1 saturated heterocycles. The summed E-state index contributed by atoms with van der Waals surface area (Å²) in [5, 5.41) is 17.1. The number of anilines is 3. The summed E-state index contributed by atoms with van der Waals surface area (Å²) in [6.45, 7) is 7.25. The lowest BCUT2D eigenvalue weighted by Crippen LogP contribution is -2.32. The Kier molecular flexibility index (Phi) is 5.88. The maximum atomic E-state index is 12.0. The molecule has 2 aromatic rings. The highest BCUT2D eigenvalue weighted by atomic mass is 16.2. The molecule has 7 heteroatoms. The fraction of sp³-hybridized carbons (Fsp3) is 0.421. The molecular formula is C19H26N6O. The van der Waals surface area contributed by atoms with Crippen LogP contribution in [0.4, 0.5) is 22.0 Å². The highest BCUT2D eigenvalue weighted by Crippen LogP contribution is 2.20. The first kappa shape index (κ1) is 18.0. The van der Waals surface area contributed by atoms with Gasteiger partial charge in [-0.15, -0.1) is 5.10 Å². The predicted octanol–water partition coefficient (Wildman–Crippen LogP) is 2.93. The second-order valence-corrected chi connectivity index (χ2v) is 6.68. The van der Waals surface area contributed by atoms with E-state index < -0.39 is 0 Å². The van der Waals surface area contributed by atoms with E-state index in [0.717, 1.165) is 41.4 Å². The minimum absolute atomic E-state index is 0.214. The molecule has 0 saturated carbocycles. The van der Waals surface area contributed by atoms with E-state index in [1.54, 1.807) is 6.20 Å². The highest BCUT2D eigenvalue weighted by molar-refractivity contribution is 5.89. The molecule has 1 aliphatic rings. The average Bonchev–Trinajstić information content (AvgIpc) is 3.13. The molecule has 2 amide bonds. The molecule has 3 rings (SSSR count). The first-order valence-electron chi connectivity index (χ1n) is 9.05. The fourth-order valence-corrected chi connectivity index (χ4v) is 3.18. The second kappa shape index (κ2) is 8.51. The third kappa shape index (κ3) is 5.08. The Balaban J connectivity index is 1.42. The number of hydrogen-bond donors (Lipinski definition) is 3. The van der Waals surface area contributed by atoms with Crippen LogP contribution in [0.2, 0.25) is 0 Å². The van der Waals surface area contributed by atoms with Crippen molar-refractivity contribution in [2.75, 3.05) is 41.7 Å². The maximum absolute atomic E-state index is 12.0. The number of amides is 2. The molecule has 1 aromatic carbocycles. The van der Waals surface area contributed by atoms with E-state index >= 15 is 0 Å². The van der Waals surface area contributed by atoms with Gasteiger partial charge in [0.15, 0.2) is 5.82 Å². The molecule has 26 heavy (non-hydrogen) atoms. The van der Waals surface area contributed by atoms with Crippen molar-refractivity contribution in [2.24, 2.45) is 0 Å². The lowest BCUT2D eigenvalue weighted by atomic mass is 10.1. The van der Waals surface area contributed by atoms with Crippen molar-refractivity contribution in [3.8, 4) is 0 Å². The van der Waals surface area contributed by atoms with Gasteiger partial charge in [0.05, 0.1) is 11.9 Å². The van der Waals surface area contributed by atoms with Crippen molar-refractivity contribution in [2.45, 2.75) is 26.7 Å². The average molecular weight is 354 g/mol. The first-order valence-corrected chi connectivity index (χ1v) is 9.05. The van der Waals surface area contributed by atoms with Crippen LogP contribution in [0.25, 0.3) is 0 Å². The van der Waals surface area contributed by atoms with Crippen LogP contribution in [0.5, 0.6) is 0 Å². The van der Waals surface area contributed by atoms with Gasteiger partial charge in [0, 0.05) is 37.9 Å². The van der Waals surface area contributed by atoms with Crippen LogP contribution in [0.3, 0.4) is 0 Å². The molecular weight excluding hydrogens is 328 g/mol. The summed E-state index contributed by atoms with van der Waals surface area (Å²) in [5.41, 5.74) is 4.15. The van der Waals surface area contributed by atoms with Crippen LogP contribution in [0.15, 0.2) is 30.5 Å². The monoisotopic (exact) mass is 354 g/mol. The van der Waals surface area contributed by atoms with Crippen molar-refractivity contribution in [3.05, 3.63) is 41.6 Å². The van der Waals surface area contributed by atoms with Crippen molar-refractivity contribution in [1.29, 1.82) is 0 Å². The Morgan fingerprint density at radius 2 is 1.81 bits per heavy atom. The number of nitrogens with one attached hydrogen (secondary N) is 3. The Morgan fingerprint density at radius 3 is 2.54 bits per heavy atom. The van der Waals surface area contributed by atoms with E-state index in [1.165, 1.54) is 12.8 Å². The van der Waals surface area contributed by atoms with Crippen molar-refractivity contribution < 1.29 is 4.79 Å². The molecule has 0 bridgehead atoms. The largest absolute Gasteiger partial charge is 0.370 e. The van der Waals surface area contributed by atoms with E-state index in [4.69, 9.17) is 0 Å². The zero-order chi connectivity index (χ0) is 18.4. The van der Waals surface area contributed by atoms with Gasteiger partial charge in [-0.2, -0.15) is 5.10 Å². The highest BCUT2D eigenvalue weighted by Gasteiger charge is 2.13. The molecule has 0 unspecified atom stereocenters. The number of aromatic nitrogens is 2. The molecule has 7 nitrogen and oxygen atoms in total. The Labute approximate surface area is 154 Å². The number of urea groups is 1. The zero-order valence-corrected chi connectivity index (χ0v) is 15.4. The van der Waals surface area contributed by atoms with Crippen LogP contribution in [-0.4, -0.2) is 42.4 Å². The number of rotatable bonds is 6. The number of hydrogen-bond acceptors (Lipinski definition) is 5. The maximum Gasteiger partial charge on any atom is 0.319 e. The van der Waals surface area contributed by atoms with Gasteiger partial charge in [-0.3, -0.25) is 0 Å².